The second-order valence-corrected chi connectivity index (χ2v) is 6.31. The molecule has 1 N–H and O–H groups in total. The van der Waals surface area contributed by atoms with Crippen molar-refractivity contribution in [2.24, 2.45) is 0 Å². The molecule has 0 spiro atoms. The fourth-order valence-corrected chi connectivity index (χ4v) is 3.24. The molecule has 4 heteroatoms. The van der Waals surface area contributed by atoms with Crippen LogP contribution in [0.15, 0.2) is 60.8 Å². The molecule has 0 unspecified atom stereocenters. The van der Waals surface area contributed by atoms with Gasteiger partial charge in [-0.15, -0.1) is 0 Å². The summed E-state index contributed by atoms with van der Waals surface area (Å²) >= 11 is 5.76. The van der Waals surface area contributed by atoms with E-state index in [-0.39, 0.29) is 12.3 Å². The molecule has 0 radical (unpaired) electrons. The molecule has 1 aliphatic carbocycles. The van der Waals surface area contributed by atoms with Gasteiger partial charge in [0.2, 0.25) is 5.91 Å². The normalized spacial score (nSPS) is 11.7. The molecule has 3 nitrogen and oxygen atoms in total. The lowest BCUT2D eigenvalue weighted by molar-refractivity contribution is -0.115. The summed E-state index contributed by atoms with van der Waals surface area (Å²) in [7, 11) is 0. The lowest BCUT2D eigenvalue weighted by Crippen LogP contribution is -2.14. The molecule has 3 aromatic rings. The van der Waals surface area contributed by atoms with Crippen LogP contribution in [0.5, 0.6) is 0 Å². The quantitative estimate of drug-likeness (QED) is 0.561. The predicted molar refractivity (Wildman–Crippen MR) is 96.3 cm³/mol. The van der Waals surface area contributed by atoms with Gasteiger partial charge in [0.15, 0.2) is 0 Å². The number of aromatic nitrogens is 1. The zero-order valence-electron chi connectivity index (χ0n) is 12.9. The highest BCUT2D eigenvalue weighted by molar-refractivity contribution is 6.29. The van der Waals surface area contributed by atoms with Gasteiger partial charge in [0.05, 0.1) is 6.42 Å². The molecule has 0 aliphatic heterocycles. The maximum Gasteiger partial charge on any atom is 0.228 e. The minimum atomic E-state index is -0.0606. The third kappa shape index (κ3) is 2.91. The van der Waals surface area contributed by atoms with Crippen LogP contribution in [-0.4, -0.2) is 10.9 Å². The van der Waals surface area contributed by atoms with Crippen molar-refractivity contribution in [3.8, 4) is 11.1 Å². The summed E-state index contributed by atoms with van der Waals surface area (Å²) in [4.78, 5) is 16.2. The van der Waals surface area contributed by atoms with E-state index in [4.69, 9.17) is 11.6 Å². The molecule has 1 aromatic heterocycles. The smallest absolute Gasteiger partial charge is 0.228 e. The highest BCUT2D eigenvalue weighted by Crippen LogP contribution is 2.37. The van der Waals surface area contributed by atoms with Crippen LogP contribution in [0, 0.1) is 0 Å². The van der Waals surface area contributed by atoms with Crippen LogP contribution in [0.1, 0.15) is 16.7 Å². The number of hydrogen-bond acceptors (Lipinski definition) is 2. The molecule has 0 fully saturated rings. The fraction of sp³-hybridized carbons (Fsp3) is 0.100. The molecule has 0 atom stereocenters. The molecule has 24 heavy (non-hydrogen) atoms. The number of pyridine rings is 1. The predicted octanol–water partition coefficient (Wildman–Crippen LogP) is 4.49. The molecule has 2 aromatic carbocycles. The first-order chi connectivity index (χ1) is 11.7. The van der Waals surface area contributed by atoms with Crippen molar-refractivity contribution in [1.29, 1.82) is 0 Å². The number of amides is 1. The number of fused-ring (bicyclic) bond motifs is 3. The van der Waals surface area contributed by atoms with Gasteiger partial charge in [0.25, 0.3) is 0 Å². The van der Waals surface area contributed by atoms with E-state index in [9.17, 15) is 4.79 Å². The van der Waals surface area contributed by atoms with E-state index in [1.54, 1.807) is 12.3 Å². The molecule has 118 valence electrons. The Morgan fingerprint density at radius 2 is 1.88 bits per heavy atom. The van der Waals surface area contributed by atoms with E-state index in [2.05, 4.69) is 46.7 Å². The number of halogens is 1. The average molecular weight is 335 g/mol. The first-order valence-corrected chi connectivity index (χ1v) is 8.18. The van der Waals surface area contributed by atoms with Crippen LogP contribution < -0.4 is 5.32 Å². The summed E-state index contributed by atoms with van der Waals surface area (Å²) in [5.41, 5.74) is 6.80. The van der Waals surface area contributed by atoms with Crippen LogP contribution in [0.25, 0.3) is 11.1 Å². The Bertz CT molecular complexity index is 919. The van der Waals surface area contributed by atoms with Gasteiger partial charge < -0.3 is 5.32 Å². The van der Waals surface area contributed by atoms with Crippen LogP contribution in [0.2, 0.25) is 5.15 Å². The van der Waals surface area contributed by atoms with Gasteiger partial charge in [-0.3, -0.25) is 4.79 Å². The molecule has 1 amide bonds. The summed E-state index contributed by atoms with van der Waals surface area (Å²) in [5.74, 6) is -0.0606. The zero-order chi connectivity index (χ0) is 16.5. The highest BCUT2D eigenvalue weighted by atomic mass is 35.5. The molecular formula is C20H15ClN2O. The van der Waals surface area contributed by atoms with Gasteiger partial charge in [0, 0.05) is 11.9 Å². The number of rotatable bonds is 3. The van der Waals surface area contributed by atoms with Crippen molar-refractivity contribution in [2.75, 3.05) is 5.32 Å². The molecule has 0 bridgehead atoms. The third-order valence-electron chi connectivity index (χ3n) is 4.23. The number of benzene rings is 2. The molecule has 0 saturated heterocycles. The van der Waals surface area contributed by atoms with Crippen molar-refractivity contribution in [2.45, 2.75) is 12.8 Å². The Balaban J connectivity index is 1.49. The van der Waals surface area contributed by atoms with Gasteiger partial charge in [0.1, 0.15) is 5.15 Å². The van der Waals surface area contributed by atoms with Crippen LogP contribution in [0.3, 0.4) is 0 Å². The SMILES string of the molecule is O=C(Cc1ccc(Cl)nc1)Nc1ccc2c(c1)Cc1ccccc1-2. The summed E-state index contributed by atoms with van der Waals surface area (Å²) in [6, 6.07) is 18.0. The van der Waals surface area contributed by atoms with Gasteiger partial charge in [-0.2, -0.15) is 0 Å². The maximum atomic E-state index is 12.2. The summed E-state index contributed by atoms with van der Waals surface area (Å²) in [5, 5.41) is 3.39. The minimum absolute atomic E-state index is 0.0606. The van der Waals surface area contributed by atoms with E-state index in [0.717, 1.165) is 17.7 Å². The van der Waals surface area contributed by atoms with Crippen molar-refractivity contribution in [1.82, 2.24) is 4.98 Å². The molecule has 1 aliphatic rings. The van der Waals surface area contributed by atoms with Gasteiger partial charge in [-0.1, -0.05) is 48.0 Å². The van der Waals surface area contributed by atoms with Crippen molar-refractivity contribution in [3.63, 3.8) is 0 Å². The second-order valence-electron chi connectivity index (χ2n) is 5.92. The largest absolute Gasteiger partial charge is 0.326 e. The Hall–Kier alpha value is -2.65. The summed E-state index contributed by atoms with van der Waals surface area (Å²) in [6.45, 7) is 0. The Kier molecular flexibility index (Phi) is 3.79. The number of carbonyl (C=O) groups is 1. The third-order valence-corrected chi connectivity index (χ3v) is 4.45. The fourth-order valence-electron chi connectivity index (χ4n) is 3.12. The van der Waals surface area contributed by atoms with Crippen LogP contribution >= 0.6 is 11.6 Å². The van der Waals surface area contributed by atoms with Crippen LogP contribution in [0.4, 0.5) is 5.69 Å². The topological polar surface area (TPSA) is 42.0 Å². The minimum Gasteiger partial charge on any atom is -0.326 e. The molecular weight excluding hydrogens is 320 g/mol. The van der Waals surface area contributed by atoms with E-state index in [1.807, 2.05) is 12.1 Å². The number of anilines is 1. The van der Waals surface area contributed by atoms with Gasteiger partial charge in [-0.05, 0) is 52.4 Å². The van der Waals surface area contributed by atoms with Crippen molar-refractivity contribution in [3.05, 3.63) is 82.6 Å². The number of hydrogen-bond donors (Lipinski definition) is 1. The maximum absolute atomic E-state index is 12.2. The lowest BCUT2D eigenvalue weighted by atomic mass is 10.1. The Morgan fingerprint density at radius 1 is 1.04 bits per heavy atom. The zero-order valence-corrected chi connectivity index (χ0v) is 13.7. The van der Waals surface area contributed by atoms with E-state index in [1.165, 1.54) is 22.3 Å². The second kappa shape index (κ2) is 6.10. The Labute approximate surface area is 145 Å². The van der Waals surface area contributed by atoms with Crippen LogP contribution in [-0.2, 0) is 17.6 Å². The number of nitrogens with one attached hydrogen (secondary N) is 1. The first kappa shape index (κ1) is 14.9. The molecule has 1 heterocycles. The van der Waals surface area contributed by atoms with Gasteiger partial charge >= 0.3 is 0 Å². The Morgan fingerprint density at radius 3 is 2.71 bits per heavy atom. The number of carbonyl (C=O) groups excluding carboxylic acids is 1. The molecule has 4 rings (SSSR count). The summed E-state index contributed by atoms with van der Waals surface area (Å²) < 4.78 is 0. The molecule has 0 saturated carbocycles. The highest BCUT2D eigenvalue weighted by Gasteiger charge is 2.18. The van der Waals surface area contributed by atoms with Gasteiger partial charge in [-0.25, -0.2) is 4.98 Å². The monoisotopic (exact) mass is 334 g/mol. The first-order valence-electron chi connectivity index (χ1n) is 7.80. The van der Waals surface area contributed by atoms with Crippen molar-refractivity contribution >= 4 is 23.2 Å². The summed E-state index contributed by atoms with van der Waals surface area (Å²) in [6.07, 6.45) is 2.82. The van der Waals surface area contributed by atoms with E-state index >= 15 is 0 Å². The van der Waals surface area contributed by atoms with E-state index in [0.29, 0.717) is 5.15 Å². The average Bonchev–Trinajstić information content (AvgIpc) is 2.94. The lowest BCUT2D eigenvalue weighted by Gasteiger charge is -2.08. The standard InChI is InChI=1S/C20H15ClN2O/c21-19-8-5-13(12-22-19)9-20(24)23-16-6-7-18-15(11-16)10-14-3-1-2-4-17(14)18/h1-8,11-12H,9-10H2,(H,23,24). The van der Waals surface area contributed by atoms with Crippen molar-refractivity contribution < 1.29 is 4.79 Å². The van der Waals surface area contributed by atoms with E-state index < -0.39 is 0 Å². The number of nitrogens with zero attached hydrogens (tertiary/aromatic N) is 1.